The van der Waals surface area contributed by atoms with Crippen LogP contribution in [0.5, 0.6) is 0 Å². The fourth-order valence-electron chi connectivity index (χ4n) is 2.64. The van der Waals surface area contributed by atoms with Gasteiger partial charge in [0.15, 0.2) is 0 Å². The van der Waals surface area contributed by atoms with E-state index in [-0.39, 0.29) is 11.1 Å². The summed E-state index contributed by atoms with van der Waals surface area (Å²) >= 11 is 3.07. The first-order chi connectivity index (χ1) is 14.3. The van der Waals surface area contributed by atoms with Crippen LogP contribution in [0.25, 0.3) is 5.57 Å². The first kappa shape index (κ1) is 21.9. The van der Waals surface area contributed by atoms with E-state index in [1.165, 1.54) is 11.8 Å². The Kier molecular flexibility index (Phi) is 6.84. The van der Waals surface area contributed by atoms with Gasteiger partial charge in [-0.05, 0) is 37.1 Å². The van der Waals surface area contributed by atoms with E-state index >= 15 is 0 Å². The minimum absolute atomic E-state index is 0.0822. The number of rotatable bonds is 6. The third kappa shape index (κ3) is 5.23. The van der Waals surface area contributed by atoms with Crippen molar-refractivity contribution in [3.8, 4) is 0 Å². The molecule has 1 N–H and O–H groups in total. The van der Waals surface area contributed by atoms with E-state index in [9.17, 15) is 14.7 Å². The summed E-state index contributed by atoms with van der Waals surface area (Å²) in [7, 11) is 0. The molecule has 0 amide bonds. The number of hydrogen-bond acceptors (Lipinski definition) is 6. The van der Waals surface area contributed by atoms with Crippen LogP contribution < -0.4 is 0 Å². The van der Waals surface area contributed by atoms with Crippen molar-refractivity contribution in [2.45, 2.75) is 25.1 Å². The third-order valence-electron chi connectivity index (χ3n) is 4.45. The molecule has 2 aromatic carbocycles. The summed E-state index contributed by atoms with van der Waals surface area (Å²) in [5.74, 6) is -1.25. The molecule has 0 saturated carbocycles. The molecule has 5 nitrogen and oxygen atoms in total. The minimum Gasteiger partial charge on any atom is -0.478 e. The Balaban J connectivity index is 1.80. The van der Waals surface area contributed by atoms with E-state index < -0.39 is 11.9 Å². The van der Waals surface area contributed by atoms with Crippen LogP contribution in [0, 0.1) is 0 Å². The van der Waals surface area contributed by atoms with E-state index in [1.54, 1.807) is 54.2 Å². The van der Waals surface area contributed by atoms with Gasteiger partial charge in [-0.15, -0.1) is 0 Å². The average molecular weight is 440 g/mol. The maximum absolute atomic E-state index is 12.2. The molecule has 30 heavy (non-hydrogen) atoms. The van der Waals surface area contributed by atoms with Gasteiger partial charge in [0, 0.05) is 10.7 Å². The van der Waals surface area contributed by atoms with Crippen LogP contribution in [-0.2, 0) is 15.3 Å². The van der Waals surface area contributed by atoms with Gasteiger partial charge in [0.25, 0.3) is 0 Å². The highest BCUT2D eigenvalue weighted by atomic mass is 32.2. The van der Waals surface area contributed by atoms with Gasteiger partial charge in [-0.25, -0.2) is 9.59 Å². The van der Waals surface area contributed by atoms with Crippen LogP contribution in [0.3, 0.4) is 0 Å². The van der Waals surface area contributed by atoms with Gasteiger partial charge in [0.1, 0.15) is 16.2 Å². The minimum atomic E-state index is -1.17. The van der Waals surface area contributed by atoms with Crippen molar-refractivity contribution in [2.24, 2.45) is 4.99 Å². The van der Waals surface area contributed by atoms with Gasteiger partial charge in [0.05, 0.1) is 11.1 Å². The largest absolute Gasteiger partial charge is 0.478 e. The number of benzene rings is 2. The highest BCUT2D eigenvalue weighted by Gasteiger charge is 2.30. The molecule has 1 aliphatic heterocycles. The smallest absolute Gasteiger partial charge is 0.342 e. The summed E-state index contributed by atoms with van der Waals surface area (Å²) in [6.45, 7) is 8.07. The van der Waals surface area contributed by atoms with Crippen molar-refractivity contribution in [3.05, 3.63) is 89.0 Å². The number of carbonyl (C=O) groups is 2. The van der Waals surface area contributed by atoms with E-state index in [1.807, 2.05) is 26.0 Å². The normalized spacial score (nSPS) is 15.6. The molecule has 3 rings (SSSR count). The summed E-state index contributed by atoms with van der Waals surface area (Å²) in [6.07, 6.45) is 1.01. The van der Waals surface area contributed by atoms with Crippen LogP contribution in [0.1, 0.15) is 35.3 Å². The summed E-state index contributed by atoms with van der Waals surface area (Å²) in [5.41, 5.74) is 1.28. The Bertz CT molecular complexity index is 1040. The summed E-state index contributed by atoms with van der Waals surface area (Å²) < 4.78 is 6.05. The average Bonchev–Trinajstić information content (AvgIpc) is 2.99. The highest BCUT2D eigenvalue weighted by Crippen LogP contribution is 2.42. The molecule has 0 aromatic heterocycles. The van der Waals surface area contributed by atoms with E-state index in [4.69, 9.17) is 4.74 Å². The molecule has 0 atom stereocenters. The second-order valence-electron chi connectivity index (χ2n) is 7.02. The number of ether oxygens (including phenoxy) is 1. The Morgan fingerprint density at radius 3 is 2.47 bits per heavy atom. The van der Waals surface area contributed by atoms with E-state index in [0.717, 1.165) is 21.1 Å². The Morgan fingerprint density at radius 2 is 1.83 bits per heavy atom. The van der Waals surface area contributed by atoms with Crippen molar-refractivity contribution >= 4 is 45.4 Å². The standard InChI is InChI=1S/C23H21NO4S2/c1-15-23(2,3)24-22(30-15)29-14-17-11-7-8-12-18(17)19(20(25)26)13-28-21(27)16-9-5-4-6-10-16/h4-13H,1,14H2,2-3H3,(H,25,26)/b19-13+. The van der Waals surface area contributed by atoms with Crippen molar-refractivity contribution in [2.75, 3.05) is 0 Å². The van der Waals surface area contributed by atoms with Crippen LogP contribution in [0.4, 0.5) is 0 Å². The zero-order valence-corrected chi connectivity index (χ0v) is 18.3. The molecule has 0 radical (unpaired) electrons. The van der Waals surface area contributed by atoms with Gasteiger partial charge in [-0.2, -0.15) is 0 Å². The number of carboxylic acid groups (broad SMARTS) is 1. The molecule has 2 aromatic rings. The number of hydrogen-bond donors (Lipinski definition) is 1. The highest BCUT2D eigenvalue weighted by molar-refractivity contribution is 8.40. The van der Waals surface area contributed by atoms with E-state index in [0.29, 0.717) is 16.9 Å². The fraction of sp³-hybridized carbons (Fsp3) is 0.174. The lowest BCUT2D eigenvalue weighted by atomic mass is 10.0. The van der Waals surface area contributed by atoms with Gasteiger partial charge in [-0.3, -0.25) is 4.99 Å². The number of carboxylic acids is 1. The third-order valence-corrected chi connectivity index (χ3v) is 6.86. The van der Waals surface area contributed by atoms with Crippen LogP contribution in [0.2, 0.25) is 0 Å². The maximum Gasteiger partial charge on any atom is 0.342 e. The summed E-state index contributed by atoms with van der Waals surface area (Å²) in [4.78, 5) is 29.7. The summed E-state index contributed by atoms with van der Waals surface area (Å²) in [6, 6.07) is 15.6. The Labute approximate surface area is 183 Å². The molecular weight excluding hydrogens is 418 g/mol. The lowest BCUT2D eigenvalue weighted by Crippen LogP contribution is -2.12. The predicted molar refractivity (Wildman–Crippen MR) is 123 cm³/mol. The number of esters is 1. The zero-order chi connectivity index (χ0) is 21.7. The molecule has 1 aliphatic rings. The Morgan fingerprint density at radius 1 is 1.17 bits per heavy atom. The zero-order valence-electron chi connectivity index (χ0n) is 16.6. The topological polar surface area (TPSA) is 76.0 Å². The van der Waals surface area contributed by atoms with Crippen molar-refractivity contribution in [3.63, 3.8) is 0 Å². The van der Waals surface area contributed by atoms with Crippen molar-refractivity contribution in [1.82, 2.24) is 0 Å². The van der Waals surface area contributed by atoms with E-state index in [2.05, 4.69) is 11.6 Å². The molecular formula is C23H21NO4S2. The molecule has 0 spiro atoms. The first-order valence-corrected chi connectivity index (χ1v) is 11.0. The quantitative estimate of drug-likeness (QED) is 0.359. The number of thioether (sulfide) groups is 2. The molecule has 0 fully saturated rings. The molecule has 0 bridgehead atoms. The van der Waals surface area contributed by atoms with Crippen molar-refractivity contribution < 1.29 is 19.4 Å². The number of aliphatic carboxylic acids is 1. The number of aliphatic imine (C=N–C) groups is 1. The molecule has 0 unspecified atom stereocenters. The van der Waals surface area contributed by atoms with Crippen LogP contribution >= 0.6 is 23.5 Å². The molecule has 0 aliphatic carbocycles. The Hall–Kier alpha value is -2.77. The second kappa shape index (κ2) is 9.36. The van der Waals surface area contributed by atoms with Crippen LogP contribution in [0.15, 0.2) is 77.3 Å². The number of carbonyl (C=O) groups excluding carboxylic acids is 1. The maximum atomic E-state index is 12.2. The molecule has 1 heterocycles. The fourth-order valence-corrected chi connectivity index (χ4v) is 4.96. The predicted octanol–water partition coefficient (Wildman–Crippen LogP) is 5.60. The monoisotopic (exact) mass is 439 g/mol. The number of nitrogens with zero attached hydrogens (tertiary/aromatic N) is 1. The molecule has 154 valence electrons. The lowest BCUT2D eigenvalue weighted by molar-refractivity contribution is -0.130. The van der Waals surface area contributed by atoms with Crippen LogP contribution in [-0.4, -0.2) is 27.0 Å². The van der Waals surface area contributed by atoms with Gasteiger partial charge in [-0.1, -0.05) is 72.6 Å². The van der Waals surface area contributed by atoms with Gasteiger partial charge >= 0.3 is 11.9 Å². The molecule has 7 heteroatoms. The summed E-state index contributed by atoms with van der Waals surface area (Å²) in [5, 5.41) is 9.71. The second-order valence-corrected chi connectivity index (χ2v) is 9.32. The SMILES string of the molecule is C=C1SC(SCc2ccccc2/C(=C\OC(=O)c2ccccc2)C(=O)O)=NC1(C)C. The lowest BCUT2D eigenvalue weighted by Gasteiger charge is -2.12. The van der Waals surface area contributed by atoms with Crippen molar-refractivity contribution in [1.29, 1.82) is 0 Å². The van der Waals surface area contributed by atoms with Gasteiger partial charge in [0.2, 0.25) is 0 Å². The molecule has 0 saturated heterocycles. The first-order valence-electron chi connectivity index (χ1n) is 9.15. The van der Waals surface area contributed by atoms with Gasteiger partial charge < -0.3 is 9.84 Å².